The molecule has 6 nitrogen and oxygen atoms in total. The molecule has 37 heavy (non-hydrogen) atoms. The number of nitrogens with zero attached hydrogens (tertiary/aromatic N) is 1. The van der Waals surface area contributed by atoms with Crippen molar-refractivity contribution in [2.45, 2.75) is 13.1 Å². The normalized spacial score (nSPS) is 11.4. The van der Waals surface area contributed by atoms with Crippen LogP contribution in [0.15, 0.2) is 75.2 Å². The monoisotopic (exact) mass is 635 g/mol. The average Bonchev–Trinajstić information content (AvgIpc) is 2.81. The van der Waals surface area contributed by atoms with Gasteiger partial charge < -0.3 is 15.4 Å². The van der Waals surface area contributed by atoms with E-state index in [1.165, 1.54) is 12.1 Å². The van der Waals surface area contributed by atoms with Crippen LogP contribution in [0, 0.1) is 18.3 Å². The molecule has 190 valence electrons. The Labute approximate surface area is 227 Å². The molecule has 0 atom stereocenters. The van der Waals surface area contributed by atoms with Gasteiger partial charge in [0.15, 0.2) is 6.61 Å². The van der Waals surface area contributed by atoms with E-state index in [0.29, 0.717) is 25.9 Å². The summed E-state index contributed by atoms with van der Waals surface area (Å²) in [4.78, 5) is 24.8. The molecular formula is C26H18Br2F3N3O3. The van der Waals surface area contributed by atoms with Crippen LogP contribution in [0.5, 0.6) is 5.75 Å². The van der Waals surface area contributed by atoms with Gasteiger partial charge in [0.05, 0.1) is 14.5 Å². The summed E-state index contributed by atoms with van der Waals surface area (Å²) in [6, 6.07) is 16.3. The van der Waals surface area contributed by atoms with E-state index in [2.05, 4.69) is 42.5 Å². The Morgan fingerprint density at radius 1 is 1.00 bits per heavy atom. The standard InChI is InChI=1S/C26H18Br2F3N3O3/c1-15-4-2-6-19(8-15)33-23(35)14-37-24-21(27)10-16(11-22(24)28)9-17(13-32)25(36)34-20-7-3-5-18(12-20)26(29,30)31/h2-12H,14H2,1H3,(H,33,35)(H,34,36)/b17-9+. The predicted molar refractivity (Wildman–Crippen MR) is 141 cm³/mol. The lowest BCUT2D eigenvalue weighted by Gasteiger charge is -2.12. The fraction of sp³-hybridized carbons (Fsp3) is 0.115. The van der Waals surface area contributed by atoms with Gasteiger partial charge >= 0.3 is 6.18 Å². The number of hydrogen-bond acceptors (Lipinski definition) is 4. The molecule has 0 aliphatic heterocycles. The third-order valence-electron chi connectivity index (χ3n) is 4.79. The molecule has 11 heteroatoms. The number of ether oxygens (including phenoxy) is 1. The number of aryl methyl sites for hydroxylation is 1. The number of nitriles is 1. The van der Waals surface area contributed by atoms with E-state index < -0.39 is 17.6 Å². The first kappa shape index (κ1) is 28.0. The van der Waals surface area contributed by atoms with E-state index >= 15 is 0 Å². The molecule has 2 amide bonds. The smallest absolute Gasteiger partial charge is 0.416 e. The van der Waals surface area contributed by atoms with Crippen LogP contribution in [0.1, 0.15) is 16.7 Å². The van der Waals surface area contributed by atoms with Crippen molar-refractivity contribution in [3.8, 4) is 11.8 Å². The SMILES string of the molecule is Cc1cccc(NC(=O)COc2c(Br)cc(/C=C(\C#N)C(=O)Nc3cccc(C(F)(F)F)c3)cc2Br)c1. The summed E-state index contributed by atoms with van der Waals surface area (Å²) >= 11 is 6.70. The quantitative estimate of drug-likeness (QED) is 0.214. The predicted octanol–water partition coefficient (Wildman–Crippen LogP) is 7.10. The molecule has 3 rings (SSSR count). The van der Waals surface area contributed by atoms with E-state index in [4.69, 9.17) is 4.74 Å². The van der Waals surface area contributed by atoms with E-state index in [1.54, 1.807) is 24.3 Å². The minimum atomic E-state index is -4.57. The van der Waals surface area contributed by atoms with Crippen molar-refractivity contribution in [2.75, 3.05) is 17.2 Å². The summed E-state index contributed by atoms with van der Waals surface area (Å²) in [7, 11) is 0. The summed E-state index contributed by atoms with van der Waals surface area (Å²) < 4.78 is 45.3. The molecule has 2 N–H and O–H groups in total. The summed E-state index contributed by atoms with van der Waals surface area (Å²) in [6.07, 6.45) is -3.30. The number of carbonyl (C=O) groups is 2. The Kier molecular flexibility index (Phi) is 9.13. The molecule has 0 saturated heterocycles. The molecule has 0 radical (unpaired) electrons. The van der Waals surface area contributed by atoms with Crippen molar-refractivity contribution in [3.05, 3.63) is 91.9 Å². The van der Waals surface area contributed by atoms with Gasteiger partial charge in [-0.25, -0.2) is 0 Å². The topological polar surface area (TPSA) is 91.2 Å². The van der Waals surface area contributed by atoms with Gasteiger partial charge in [-0.1, -0.05) is 18.2 Å². The molecule has 0 spiro atoms. The molecule has 0 unspecified atom stereocenters. The van der Waals surface area contributed by atoms with Crippen LogP contribution in [0.3, 0.4) is 0 Å². The number of rotatable bonds is 7. The number of hydrogen-bond donors (Lipinski definition) is 2. The second kappa shape index (κ2) is 12.1. The first-order valence-corrected chi connectivity index (χ1v) is 12.1. The molecule has 3 aromatic carbocycles. The van der Waals surface area contributed by atoms with Gasteiger partial charge in [0.1, 0.15) is 17.4 Å². The first-order valence-electron chi connectivity index (χ1n) is 10.5. The highest BCUT2D eigenvalue weighted by molar-refractivity contribution is 9.11. The van der Waals surface area contributed by atoms with Crippen LogP contribution in [-0.2, 0) is 15.8 Å². The van der Waals surface area contributed by atoms with Crippen LogP contribution in [0.25, 0.3) is 6.08 Å². The van der Waals surface area contributed by atoms with E-state index in [0.717, 1.165) is 23.8 Å². The number of amides is 2. The highest BCUT2D eigenvalue weighted by atomic mass is 79.9. The maximum absolute atomic E-state index is 12.9. The summed E-state index contributed by atoms with van der Waals surface area (Å²) in [5.41, 5.74) is 0.695. The van der Waals surface area contributed by atoms with Crippen LogP contribution in [-0.4, -0.2) is 18.4 Å². The van der Waals surface area contributed by atoms with Crippen molar-refractivity contribution >= 4 is 61.1 Å². The van der Waals surface area contributed by atoms with Gasteiger partial charge in [0.25, 0.3) is 11.8 Å². The van der Waals surface area contributed by atoms with Gasteiger partial charge in [-0.2, -0.15) is 18.4 Å². The Hall–Kier alpha value is -3.62. The van der Waals surface area contributed by atoms with Crippen LogP contribution in [0.4, 0.5) is 24.5 Å². The zero-order valence-electron chi connectivity index (χ0n) is 19.1. The Bertz CT molecular complexity index is 1390. The first-order chi connectivity index (χ1) is 17.5. The van der Waals surface area contributed by atoms with Crippen LogP contribution < -0.4 is 15.4 Å². The van der Waals surface area contributed by atoms with Gasteiger partial charge in [-0.3, -0.25) is 9.59 Å². The number of nitrogens with one attached hydrogen (secondary N) is 2. The minimum absolute atomic E-state index is 0.101. The van der Waals surface area contributed by atoms with Crippen LogP contribution in [0.2, 0.25) is 0 Å². The number of carbonyl (C=O) groups excluding carboxylic acids is 2. The van der Waals surface area contributed by atoms with E-state index in [1.807, 2.05) is 25.1 Å². The van der Waals surface area contributed by atoms with Crippen LogP contribution >= 0.6 is 31.9 Å². The Morgan fingerprint density at radius 3 is 2.22 bits per heavy atom. The van der Waals surface area contributed by atoms with Crippen molar-refractivity contribution < 1.29 is 27.5 Å². The highest BCUT2D eigenvalue weighted by Gasteiger charge is 2.30. The molecule has 0 aliphatic rings. The van der Waals surface area contributed by atoms with Gasteiger partial charge in [-0.15, -0.1) is 0 Å². The molecule has 0 aromatic heterocycles. The second-order valence-corrected chi connectivity index (χ2v) is 9.43. The fourth-order valence-corrected chi connectivity index (χ4v) is 4.60. The molecular weight excluding hydrogens is 619 g/mol. The van der Waals surface area contributed by atoms with Gasteiger partial charge in [0, 0.05) is 11.4 Å². The number of alkyl halides is 3. The Morgan fingerprint density at radius 2 is 1.62 bits per heavy atom. The van der Waals surface area contributed by atoms with Gasteiger partial charge in [-0.05, 0) is 98.5 Å². The third kappa shape index (κ3) is 7.93. The van der Waals surface area contributed by atoms with E-state index in [-0.39, 0.29) is 23.8 Å². The zero-order valence-corrected chi connectivity index (χ0v) is 22.3. The molecule has 3 aromatic rings. The Balaban J connectivity index is 1.71. The van der Waals surface area contributed by atoms with Gasteiger partial charge in [0.2, 0.25) is 0 Å². The minimum Gasteiger partial charge on any atom is -0.481 e. The number of anilines is 2. The average molecular weight is 637 g/mol. The lowest BCUT2D eigenvalue weighted by atomic mass is 10.1. The molecule has 0 heterocycles. The lowest BCUT2D eigenvalue weighted by Crippen LogP contribution is -2.20. The summed E-state index contributed by atoms with van der Waals surface area (Å²) in [5.74, 6) is -0.919. The highest BCUT2D eigenvalue weighted by Crippen LogP contribution is 2.35. The van der Waals surface area contributed by atoms with Crippen molar-refractivity contribution in [3.63, 3.8) is 0 Å². The number of halogens is 5. The van der Waals surface area contributed by atoms with Crippen molar-refractivity contribution in [2.24, 2.45) is 0 Å². The number of benzene rings is 3. The maximum Gasteiger partial charge on any atom is 0.416 e. The fourth-order valence-electron chi connectivity index (χ4n) is 3.15. The third-order valence-corrected chi connectivity index (χ3v) is 5.97. The summed E-state index contributed by atoms with van der Waals surface area (Å²) in [6.45, 7) is 1.63. The second-order valence-electron chi connectivity index (χ2n) is 7.72. The molecule has 0 aliphatic carbocycles. The van der Waals surface area contributed by atoms with E-state index in [9.17, 15) is 28.0 Å². The van der Waals surface area contributed by atoms with Crippen molar-refractivity contribution in [1.82, 2.24) is 0 Å². The lowest BCUT2D eigenvalue weighted by molar-refractivity contribution is -0.137. The zero-order chi connectivity index (χ0) is 27.2. The largest absolute Gasteiger partial charge is 0.481 e. The molecule has 0 saturated carbocycles. The maximum atomic E-state index is 12.9. The summed E-state index contributed by atoms with van der Waals surface area (Å²) in [5, 5.41) is 14.5. The molecule has 0 bridgehead atoms. The van der Waals surface area contributed by atoms with Crippen molar-refractivity contribution in [1.29, 1.82) is 5.26 Å². The molecule has 0 fully saturated rings.